The average molecular weight is 374 g/mol. The molecule has 0 aliphatic carbocycles. The van der Waals surface area contributed by atoms with Crippen LogP contribution in [0.1, 0.15) is 10.4 Å². The highest BCUT2D eigenvalue weighted by atomic mass is 79.9. The number of halogens is 3. The second-order valence-electron chi connectivity index (χ2n) is 4.03. The predicted octanol–water partition coefficient (Wildman–Crippen LogP) is 4.40. The number of carbonyl (C=O) groups is 1. The Labute approximate surface area is 132 Å². The van der Waals surface area contributed by atoms with Crippen molar-refractivity contribution in [3.05, 3.63) is 67.4 Å². The number of nitrogens with one attached hydrogen (secondary N) is 1. The number of benzene rings is 2. The van der Waals surface area contributed by atoms with Gasteiger partial charge in [0, 0.05) is 27.2 Å². The lowest BCUT2D eigenvalue weighted by Crippen LogP contribution is -2.12. The first-order valence-corrected chi connectivity index (χ1v) is 6.75. The third kappa shape index (κ3) is 3.77. The Bertz CT molecular complexity index is 739. The van der Waals surface area contributed by atoms with Gasteiger partial charge in [0.05, 0.1) is 10.6 Å². The summed E-state index contributed by atoms with van der Waals surface area (Å²) in [4.78, 5) is 22.2. The van der Waals surface area contributed by atoms with Gasteiger partial charge in [0.1, 0.15) is 5.82 Å². The second kappa shape index (κ2) is 6.19. The lowest BCUT2D eigenvalue weighted by Gasteiger charge is -2.08. The van der Waals surface area contributed by atoms with Gasteiger partial charge in [-0.05, 0) is 40.2 Å². The van der Waals surface area contributed by atoms with Crippen LogP contribution >= 0.6 is 27.5 Å². The van der Waals surface area contributed by atoms with Gasteiger partial charge in [0.15, 0.2) is 0 Å². The van der Waals surface area contributed by atoms with E-state index in [-0.39, 0.29) is 22.0 Å². The zero-order valence-corrected chi connectivity index (χ0v) is 12.6. The monoisotopic (exact) mass is 372 g/mol. The molecule has 0 atom stereocenters. The quantitative estimate of drug-likeness (QED) is 0.640. The minimum Gasteiger partial charge on any atom is -0.321 e. The molecule has 1 amide bonds. The summed E-state index contributed by atoms with van der Waals surface area (Å²) >= 11 is 8.91. The van der Waals surface area contributed by atoms with Crippen molar-refractivity contribution in [2.24, 2.45) is 0 Å². The minimum atomic E-state index is -0.652. The number of anilines is 1. The first-order valence-electron chi connectivity index (χ1n) is 5.58. The molecule has 2 rings (SSSR count). The fourth-order valence-corrected chi connectivity index (χ4v) is 2.17. The number of carbonyl (C=O) groups excluding carboxylic acids is 1. The molecular formula is C13H7BrClFN2O3. The summed E-state index contributed by atoms with van der Waals surface area (Å²) in [6.07, 6.45) is 0. The highest BCUT2D eigenvalue weighted by Crippen LogP contribution is 2.25. The number of nitrogens with zero attached hydrogens (tertiary/aromatic N) is 1. The van der Waals surface area contributed by atoms with E-state index in [1.54, 1.807) is 0 Å². The molecule has 0 aliphatic heterocycles. The summed E-state index contributed by atoms with van der Waals surface area (Å²) in [6, 6.07) is 7.30. The maximum atomic E-state index is 13.2. The van der Waals surface area contributed by atoms with Crippen LogP contribution in [0.3, 0.4) is 0 Å². The van der Waals surface area contributed by atoms with Crippen LogP contribution in [0.5, 0.6) is 0 Å². The van der Waals surface area contributed by atoms with Crippen LogP contribution in [-0.4, -0.2) is 10.8 Å². The number of non-ortho nitro benzene ring substituents is 1. The van der Waals surface area contributed by atoms with Crippen LogP contribution in [0.2, 0.25) is 5.02 Å². The third-order valence-electron chi connectivity index (χ3n) is 2.53. The molecule has 0 unspecified atom stereocenters. The van der Waals surface area contributed by atoms with E-state index in [9.17, 15) is 19.3 Å². The zero-order valence-electron chi connectivity index (χ0n) is 10.3. The Morgan fingerprint density at radius 3 is 2.67 bits per heavy atom. The molecule has 0 aliphatic rings. The maximum Gasteiger partial charge on any atom is 0.271 e. The lowest BCUT2D eigenvalue weighted by molar-refractivity contribution is -0.384. The number of nitro benzene ring substituents is 1. The van der Waals surface area contributed by atoms with Crippen LogP contribution in [0, 0.1) is 15.9 Å². The van der Waals surface area contributed by atoms with Crippen molar-refractivity contribution in [2.75, 3.05) is 5.32 Å². The summed E-state index contributed by atoms with van der Waals surface area (Å²) in [5.41, 5.74) is -0.0843. The number of nitro groups is 1. The molecule has 8 heteroatoms. The van der Waals surface area contributed by atoms with Crippen molar-refractivity contribution in [1.29, 1.82) is 0 Å². The van der Waals surface area contributed by atoms with Crippen LogP contribution in [0.15, 0.2) is 40.9 Å². The van der Waals surface area contributed by atoms with Crippen molar-refractivity contribution in [3.8, 4) is 0 Å². The molecule has 0 saturated carbocycles. The molecule has 2 aromatic carbocycles. The molecule has 0 aromatic heterocycles. The first kappa shape index (κ1) is 15.4. The van der Waals surface area contributed by atoms with Crippen molar-refractivity contribution < 1.29 is 14.1 Å². The molecule has 5 nitrogen and oxygen atoms in total. The second-order valence-corrected chi connectivity index (χ2v) is 5.32. The number of hydrogen-bond donors (Lipinski definition) is 1. The molecular weight excluding hydrogens is 367 g/mol. The van der Waals surface area contributed by atoms with Gasteiger partial charge in [-0.15, -0.1) is 0 Å². The van der Waals surface area contributed by atoms with Crippen LogP contribution < -0.4 is 5.32 Å². The van der Waals surface area contributed by atoms with Gasteiger partial charge in [-0.1, -0.05) is 11.6 Å². The molecule has 1 N–H and O–H groups in total. The van der Waals surface area contributed by atoms with Crippen LogP contribution in [0.25, 0.3) is 0 Å². The summed E-state index contributed by atoms with van der Waals surface area (Å²) < 4.78 is 13.6. The van der Waals surface area contributed by atoms with Crippen molar-refractivity contribution in [2.45, 2.75) is 0 Å². The van der Waals surface area contributed by atoms with Gasteiger partial charge < -0.3 is 5.32 Å². The van der Waals surface area contributed by atoms with Crippen molar-refractivity contribution in [3.63, 3.8) is 0 Å². The smallest absolute Gasteiger partial charge is 0.271 e. The van der Waals surface area contributed by atoms with E-state index in [0.29, 0.717) is 4.47 Å². The summed E-state index contributed by atoms with van der Waals surface area (Å²) in [7, 11) is 0. The summed E-state index contributed by atoms with van der Waals surface area (Å²) in [5.74, 6) is -1.16. The van der Waals surface area contributed by atoms with E-state index in [4.69, 9.17) is 11.6 Å². The molecule has 21 heavy (non-hydrogen) atoms. The summed E-state index contributed by atoms with van der Waals surface area (Å²) in [5, 5.41) is 13.3. The minimum absolute atomic E-state index is 0.00496. The highest BCUT2D eigenvalue weighted by molar-refractivity contribution is 9.10. The van der Waals surface area contributed by atoms with Gasteiger partial charge in [-0.2, -0.15) is 0 Å². The third-order valence-corrected chi connectivity index (χ3v) is 3.44. The Kier molecular flexibility index (Phi) is 4.54. The SMILES string of the molecule is O=C(Nc1cc(F)ccc1Br)c1cc(Cl)cc([N+](=O)[O-])c1. The number of amides is 1. The van der Waals surface area contributed by atoms with Gasteiger partial charge in [-0.3, -0.25) is 14.9 Å². The van der Waals surface area contributed by atoms with Crippen LogP contribution in [-0.2, 0) is 0 Å². The van der Waals surface area contributed by atoms with Crippen molar-refractivity contribution >= 4 is 44.8 Å². The highest BCUT2D eigenvalue weighted by Gasteiger charge is 2.15. The molecule has 0 spiro atoms. The molecule has 108 valence electrons. The molecule has 0 heterocycles. The molecule has 0 radical (unpaired) electrons. The molecule has 0 saturated heterocycles. The van der Waals surface area contributed by atoms with E-state index < -0.39 is 16.6 Å². The van der Waals surface area contributed by atoms with Gasteiger partial charge in [-0.25, -0.2) is 4.39 Å². The molecule has 0 fully saturated rings. The largest absolute Gasteiger partial charge is 0.321 e. The first-order chi connectivity index (χ1) is 9.86. The van der Waals surface area contributed by atoms with E-state index in [1.165, 1.54) is 18.2 Å². The van der Waals surface area contributed by atoms with Gasteiger partial charge >= 0.3 is 0 Å². The van der Waals surface area contributed by atoms with E-state index >= 15 is 0 Å². The number of hydrogen-bond acceptors (Lipinski definition) is 3. The Morgan fingerprint density at radius 1 is 1.29 bits per heavy atom. The average Bonchev–Trinajstić information content (AvgIpc) is 2.42. The Morgan fingerprint density at radius 2 is 2.00 bits per heavy atom. The Hall–Kier alpha value is -1.99. The normalized spacial score (nSPS) is 10.2. The molecule has 2 aromatic rings. The predicted molar refractivity (Wildman–Crippen MR) is 80.2 cm³/mol. The van der Waals surface area contributed by atoms with E-state index in [1.807, 2.05) is 0 Å². The van der Waals surface area contributed by atoms with Crippen molar-refractivity contribution in [1.82, 2.24) is 0 Å². The fourth-order valence-electron chi connectivity index (χ4n) is 1.60. The van der Waals surface area contributed by atoms with E-state index in [2.05, 4.69) is 21.2 Å². The van der Waals surface area contributed by atoms with Gasteiger partial charge in [0.25, 0.3) is 11.6 Å². The van der Waals surface area contributed by atoms with E-state index in [0.717, 1.165) is 18.2 Å². The summed E-state index contributed by atoms with van der Waals surface area (Å²) in [6.45, 7) is 0. The van der Waals surface area contributed by atoms with Gasteiger partial charge in [0.2, 0.25) is 0 Å². The molecule has 0 bridgehead atoms. The number of rotatable bonds is 3. The topological polar surface area (TPSA) is 72.2 Å². The zero-order chi connectivity index (χ0) is 15.6. The van der Waals surface area contributed by atoms with Crippen LogP contribution in [0.4, 0.5) is 15.8 Å². The fraction of sp³-hybridized carbons (Fsp3) is 0. The maximum absolute atomic E-state index is 13.2. The Balaban J connectivity index is 2.32. The lowest BCUT2D eigenvalue weighted by atomic mass is 10.2. The standard InChI is InChI=1S/C13H7BrClFN2O3/c14-11-2-1-9(16)6-12(11)17-13(19)7-3-8(15)5-10(4-7)18(20)21/h1-6H,(H,17,19).